The Morgan fingerprint density at radius 1 is 1.43 bits per heavy atom. The molecule has 1 aromatic carbocycles. The van der Waals surface area contributed by atoms with Crippen molar-refractivity contribution >= 4 is 23.5 Å². The molecule has 1 atom stereocenters. The third-order valence-electron chi connectivity index (χ3n) is 3.58. The fourth-order valence-electron chi connectivity index (χ4n) is 2.42. The molecule has 1 aliphatic rings. The summed E-state index contributed by atoms with van der Waals surface area (Å²) in [5.41, 5.74) is 1.65. The van der Waals surface area contributed by atoms with Gasteiger partial charge < -0.3 is 9.47 Å². The molecular formula is C16H15ClN2O4. The highest BCUT2D eigenvalue weighted by Crippen LogP contribution is 2.23. The lowest BCUT2D eigenvalue weighted by atomic mass is 10.2. The molecule has 1 saturated heterocycles. The van der Waals surface area contributed by atoms with Crippen molar-refractivity contribution in [3.8, 4) is 0 Å². The molecule has 0 amide bonds. The maximum Gasteiger partial charge on any atom is 0.347 e. The average molecular weight is 335 g/mol. The minimum absolute atomic E-state index is 0.183. The molecule has 0 aliphatic carbocycles. The van der Waals surface area contributed by atoms with E-state index in [1.54, 1.807) is 6.92 Å². The Morgan fingerprint density at radius 3 is 2.83 bits per heavy atom. The Kier molecular flexibility index (Phi) is 4.34. The second kappa shape index (κ2) is 6.42. The van der Waals surface area contributed by atoms with Crippen molar-refractivity contribution in [1.82, 2.24) is 9.78 Å². The van der Waals surface area contributed by atoms with Crippen LogP contribution in [0.5, 0.6) is 0 Å². The normalized spacial score (nSPS) is 17.1. The number of aryl methyl sites for hydroxylation is 1. The third kappa shape index (κ3) is 3.22. The van der Waals surface area contributed by atoms with Gasteiger partial charge in [0.25, 0.3) is 0 Å². The van der Waals surface area contributed by atoms with Crippen LogP contribution in [0.4, 0.5) is 0 Å². The van der Waals surface area contributed by atoms with Gasteiger partial charge in [0, 0.05) is 6.42 Å². The van der Waals surface area contributed by atoms with E-state index in [4.69, 9.17) is 21.1 Å². The first-order valence-electron chi connectivity index (χ1n) is 7.20. The van der Waals surface area contributed by atoms with Crippen LogP contribution < -0.4 is 0 Å². The molecule has 0 N–H and O–H groups in total. The van der Waals surface area contributed by atoms with Crippen LogP contribution in [0.1, 0.15) is 28.0 Å². The van der Waals surface area contributed by atoms with Gasteiger partial charge in [0.1, 0.15) is 10.7 Å². The van der Waals surface area contributed by atoms with E-state index in [-0.39, 0.29) is 17.3 Å². The molecule has 3 rings (SSSR count). The number of carbonyl (C=O) groups excluding carboxylic acids is 2. The summed E-state index contributed by atoms with van der Waals surface area (Å²) >= 11 is 6.28. The van der Waals surface area contributed by atoms with E-state index >= 15 is 0 Å². The summed E-state index contributed by atoms with van der Waals surface area (Å²) in [7, 11) is 0. The van der Waals surface area contributed by atoms with Crippen molar-refractivity contribution in [2.45, 2.75) is 26.0 Å². The summed E-state index contributed by atoms with van der Waals surface area (Å²) in [5.74, 6) is -1.18. The van der Waals surface area contributed by atoms with Crippen LogP contribution in [0.3, 0.4) is 0 Å². The monoisotopic (exact) mass is 334 g/mol. The molecule has 0 radical (unpaired) electrons. The largest absolute Gasteiger partial charge is 0.463 e. The molecule has 1 aromatic heterocycles. The van der Waals surface area contributed by atoms with E-state index in [0.29, 0.717) is 18.7 Å². The Bertz CT molecular complexity index is 742. The van der Waals surface area contributed by atoms with Gasteiger partial charge in [0.2, 0.25) is 6.10 Å². The van der Waals surface area contributed by atoms with Crippen molar-refractivity contribution in [1.29, 1.82) is 0 Å². The Balaban J connectivity index is 1.80. The summed E-state index contributed by atoms with van der Waals surface area (Å²) in [6, 6.07) is 9.64. The van der Waals surface area contributed by atoms with Crippen LogP contribution in [0.25, 0.3) is 0 Å². The fourth-order valence-corrected chi connectivity index (χ4v) is 2.73. The summed E-state index contributed by atoms with van der Waals surface area (Å²) < 4.78 is 11.5. The van der Waals surface area contributed by atoms with Crippen LogP contribution in [0.15, 0.2) is 30.3 Å². The van der Waals surface area contributed by atoms with Crippen molar-refractivity contribution < 1.29 is 19.1 Å². The van der Waals surface area contributed by atoms with Gasteiger partial charge >= 0.3 is 11.9 Å². The molecule has 23 heavy (non-hydrogen) atoms. The second-order valence-electron chi connectivity index (χ2n) is 5.24. The maximum absolute atomic E-state index is 12.3. The van der Waals surface area contributed by atoms with Crippen LogP contribution in [-0.4, -0.2) is 34.4 Å². The van der Waals surface area contributed by atoms with Crippen LogP contribution >= 0.6 is 11.6 Å². The lowest BCUT2D eigenvalue weighted by molar-refractivity contribution is -0.145. The highest BCUT2D eigenvalue weighted by Gasteiger charge is 2.32. The zero-order valence-electron chi connectivity index (χ0n) is 12.5. The van der Waals surface area contributed by atoms with Crippen LogP contribution in [0, 0.1) is 6.92 Å². The summed E-state index contributed by atoms with van der Waals surface area (Å²) in [6.45, 7) is 2.38. The maximum atomic E-state index is 12.3. The van der Waals surface area contributed by atoms with E-state index in [1.807, 2.05) is 30.3 Å². The first-order valence-corrected chi connectivity index (χ1v) is 7.58. The van der Waals surface area contributed by atoms with E-state index in [9.17, 15) is 9.59 Å². The number of halogens is 1. The van der Waals surface area contributed by atoms with Gasteiger partial charge in [-0.15, -0.1) is 0 Å². The molecule has 0 bridgehead atoms. The first kappa shape index (κ1) is 15.6. The third-order valence-corrected chi connectivity index (χ3v) is 3.97. The molecule has 0 spiro atoms. The van der Waals surface area contributed by atoms with Gasteiger partial charge in [-0.3, -0.25) is 0 Å². The van der Waals surface area contributed by atoms with Crippen molar-refractivity contribution in [2.75, 3.05) is 6.61 Å². The second-order valence-corrected chi connectivity index (χ2v) is 5.60. The summed E-state index contributed by atoms with van der Waals surface area (Å²) in [6.07, 6.45) is -0.505. The number of benzene rings is 1. The molecule has 7 heteroatoms. The number of nitrogens with zero attached hydrogens (tertiary/aromatic N) is 2. The smallest absolute Gasteiger partial charge is 0.347 e. The minimum atomic E-state index is -0.865. The Labute approximate surface area is 137 Å². The van der Waals surface area contributed by atoms with Gasteiger partial charge in [-0.1, -0.05) is 41.9 Å². The topological polar surface area (TPSA) is 70.4 Å². The molecule has 2 heterocycles. The van der Waals surface area contributed by atoms with E-state index in [2.05, 4.69) is 5.10 Å². The Morgan fingerprint density at radius 2 is 2.17 bits per heavy atom. The van der Waals surface area contributed by atoms with E-state index in [1.165, 1.54) is 4.68 Å². The predicted octanol–water partition coefficient (Wildman–Crippen LogP) is 2.37. The zero-order valence-corrected chi connectivity index (χ0v) is 13.2. The number of esters is 2. The van der Waals surface area contributed by atoms with Gasteiger partial charge in [0.05, 0.1) is 18.8 Å². The highest BCUT2D eigenvalue weighted by atomic mass is 35.5. The first-order chi connectivity index (χ1) is 11.1. The molecule has 2 aromatic rings. The number of hydrogen-bond donors (Lipinski definition) is 0. The molecule has 6 nitrogen and oxygen atoms in total. The summed E-state index contributed by atoms with van der Waals surface area (Å²) in [4.78, 5) is 23.7. The molecule has 0 unspecified atom stereocenters. The Hall–Kier alpha value is -2.34. The van der Waals surface area contributed by atoms with Gasteiger partial charge in [0.15, 0.2) is 0 Å². The standard InChI is InChI=1S/C16H15ClN2O4/c1-10-13(16(21)23-12-7-8-22-15(12)20)14(17)19(18-10)9-11-5-3-2-4-6-11/h2-6,12H,7-9H2,1H3/t12-/m1/s1. The van der Waals surface area contributed by atoms with E-state index < -0.39 is 18.0 Å². The number of ether oxygens (including phenoxy) is 2. The number of hydrogen-bond acceptors (Lipinski definition) is 5. The van der Waals surface area contributed by atoms with Crippen LogP contribution in [-0.2, 0) is 20.8 Å². The quantitative estimate of drug-likeness (QED) is 0.803. The summed E-state index contributed by atoms with van der Waals surface area (Å²) in [5, 5.41) is 4.48. The number of carbonyl (C=O) groups is 2. The SMILES string of the molecule is Cc1nn(Cc2ccccc2)c(Cl)c1C(=O)O[C@@H]1CCOC1=O. The van der Waals surface area contributed by atoms with E-state index in [0.717, 1.165) is 5.56 Å². The number of cyclic esters (lactones) is 1. The molecule has 1 fully saturated rings. The molecular weight excluding hydrogens is 320 g/mol. The molecule has 0 saturated carbocycles. The lowest BCUT2D eigenvalue weighted by Crippen LogP contribution is -2.23. The van der Waals surface area contributed by atoms with Crippen molar-refractivity contribution in [3.05, 3.63) is 52.3 Å². The van der Waals surface area contributed by atoms with Gasteiger partial charge in [-0.25, -0.2) is 14.3 Å². The number of aromatic nitrogens is 2. The predicted molar refractivity (Wildman–Crippen MR) is 82.3 cm³/mol. The molecule has 120 valence electrons. The van der Waals surface area contributed by atoms with Crippen molar-refractivity contribution in [3.63, 3.8) is 0 Å². The fraction of sp³-hybridized carbons (Fsp3) is 0.312. The van der Waals surface area contributed by atoms with Crippen molar-refractivity contribution in [2.24, 2.45) is 0 Å². The van der Waals surface area contributed by atoms with Crippen LogP contribution in [0.2, 0.25) is 5.15 Å². The zero-order chi connectivity index (χ0) is 16.4. The van der Waals surface area contributed by atoms with Gasteiger partial charge in [-0.05, 0) is 12.5 Å². The average Bonchev–Trinajstić information content (AvgIpc) is 3.04. The van der Waals surface area contributed by atoms with Gasteiger partial charge in [-0.2, -0.15) is 5.10 Å². The lowest BCUT2D eigenvalue weighted by Gasteiger charge is -2.08. The number of rotatable bonds is 4. The minimum Gasteiger partial charge on any atom is -0.463 e. The highest BCUT2D eigenvalue weighted by molar-refractivity contribution is 6.32. The molecule has 1 aliphatic heterocycles.